The highest BCUT2D eigenvalue weighted by atomic mass is 32.1. The van der Waals surface area contributed by atoms with Crippen LogP contribution in [0.15, 0.2) is 24.3 Å². The van der Waals surface area contributed by atoms with Gasteiger partial charge in [-0.15, -0.1) is 11.3 Å². The van der Waals surface area contributed by atoms with Crippen LogP contribution < -0.4 is 11.1 Å². The zero-order valence-electron chi connectivity index (χ0n) is 12.3. The molecule has 1 aromatic carbocycles. The largest absolute Gasteiger partial charge is 0.352 e. The number of hydrogen-bond acceptors (Lipinski definition) is 4. The number of fused-ring (bicyclic) bond motifs is 1. The Balaban J connectivity index is 1.83. The molecule has 2 heterocycles. The lowest BCUT2D eigenvalue weighted by atomic mass is 10.2. The monoisotopic (exact) mass is 318 g/mol. The van der Waals surface area contributed by atoms with Gasteiger partial charge in [-0.05, 0) is 31.9 Å². The van der Waals surface area contributed by atoms with Crippen molar-refractivity contribution in [2.75, 3.05) is 6.54 Å². The number of nitrogens with one attached hydrogen (secondary N) is 1. The summed E-state index contributed by atoms with van der Waals surface area (Å²) in [5.41, 5.74) is 6.06. The highest BCUT2D eigenvalue weighted by Crippen LogP contribution is 2.36. The van der Waals surface area contributed by atoms with Gasteiger partial charge in [-0.25, -0.2) is 9.78 Å². The van der Waals surface area contributed by atoms with Crippen molar-refractivity contribution in [1.29, 1.82) is 0 Å². The van der Waals surface area contributed by atoms with E-state index in [0.29, 0.717) is 6.54 Å². The number of carbonyl (C=O) groups is 2. The summed E-state index contributed by atoms with van der Waals surface area (Å²) in [6.45, 7) is 2.34. The molecule has 0 radical (unpaired) electrons. The van der Waals surface area contributed by atoms with E-state index < -0.39 is 12.1 Å². The van der Waals surface area contributed by atoms with Crippen LogP contribution in [0.25, 0.3) is 10.2 Å². The highest BCUT2D eigenvalue weighted by molar-refractivity contribution is 7.18. The molecule has 1 fully saturated rings. The van der Waals surface area contributed by atoms with Gasteiger partial charge in [0, 0.05) is 6.54 Å². The van der Waals surface area contributed by atoms with E-state index in [1.54, 1.807) is 23.2 Å². The molecule has 3 N–H and O–H groups in total. The maximum absolute atomic E-state index is 12.5. The van der Waals surface area contributed by atoms with Gasteiger partial charge in [-0.2, -0.15) is 0 Å². The number of likely N-dealkylation sites (tertiary alicyclic amines) is 1. The van der Waals surface area contributed by atoms with Gasteiger partial charge in [0.1, 0.15) is 11.0 Å². The molecule has 0 unspecified atom stereocenters. The average Bonchev–Trinajstić information content (AvgIpc) is 3.11. The molecule has 1 aliphatic rings. The van der Waals surface area contributed by atoms with Crippen molar-refractivity contribution in [2.24, 2.45) is 5.73 Å². The molecule has 0 spiro atoms. The van der Waals surface area contributed by atoms with E-state index in [9.17, 15) is 9.59 Å². The van der Waals surface area contributed by atoms with Crippen LogP contribution in [0.3, 0.4) is 0 Å². The Morgan fingerprint density at radius 2 is 2.23 bits per heavy atom. The highest BCUT2D eigenvalue weighted by Gasteiger charge is 2.34. The van der Waals surface area contributed by atoms with Crippen molar-refractivity contribution in [3.05, 3.63) is 29.3 Å². The van der Waals surface area contributed by atoms with Crippen LogP contribution in [-0.4, -0.2) is 34.4 Å². The fourth-order valence-corrected chi connectivity index (χ4v) is 3.96. The first kappa shape index (κ1) is 14.8. The third-order valence-corrected chi connectivity index (χ3v) is 5.00. The van der Waals surface area contributed by atoms with Crippen LogP contribution in [0, 0.1) is 0 Å². The average molecular weight is 318 g/mol. The minimum atomic E-state index is -0.684. The summed E-state index contributed by atoms with van der Waals surface area (Å²) in [5, 5.41) is 3.41. The summed E-state index contributed by atoms with van der Waals surface area (Å²) in [5.74, 6) is -0.111. The lowest BCUT2D eigenvalue weighted by molar-refractivity contribution is -0.133. The van der Waals surface area contributed by atoms with Crippen LogP contribution in [0.2, 0.25) is 0 Å². The van der Waals surface area contributed by atoms with Crippen molar-refractivity contribution >= 4 is 33.5 Å². The van der Waals surface area contributed by atoms with Crippen LogP contribution in [0.5, 0.6) is 0 Å². The molecule has 0 bridgehead atoms. The SMILES string of the molecule is C[C@H](NC(N)=O)C(=O)N1CCC[C@H]1c1nc2ccccc2s1. The fourth-order valence-electron chi connectivity index (χ4n) is 2.84. The molecule has 1 aromatic heterocycles. The van der Waals surface area contributed by atoms with E-state index >= 15 is 0 Å². The van der Waals surface area contributed by atoms with Crippen molar-refractivity contribution in [1.82, 2.24) is 15.2 Å². The lowest BCUT2D eigenvalue weighted by Gasteiger charge is -2.26. The summed E-state index contributed by atoms with van der Waals surface area (Å²) in [6.07, 6.45) is 1.84. The number of para-hydroxylation sites is 1. The second-order valence-electron chi connectivity index (χ2n) is 5.44. The second-order valence-corrected chi connectivity index (χ2v) is 6.50. The van der Waals surface area contributed by atoms with E-state index in [0.717, 1.165) is 28.1 Å². The maximum Gasteiger partial charge on any atom is 0.312 e. The number of nitrogens with two attached hydrogens (primary N) is 1. The number of primary amides is 1. The van der Waals surface area contributed by atoms with Crippen molar-refractivity contribution in [3.8, 4) is 0 Å². The predicted octanol–water partition coefficient (Wildman–Crippen LogP) is 2.02. The summed E-state index contributed by atoms with van der Waals surface area (Å²) < 4.78 is 1.13. The molecule has 22 heavy (non-hydrogen) atoms. The molecule has 0 saturated carbocycles. The smallest absolute Gasteiger partial charge is 0.312 e. The van der Waals surface area contributed by atoms with Crippen LogP contribution in [-0.2, 0) is 4.79 Å². The minimum Gasteiger partial charge on any atom is -0.352 e. The number of urea groups is 1. The standard InChI is InChI=1S/C15H18N4O2S/c1-9(17-15(16)21)14(20)19-8-4-6-11(19)13-18-10-5-2-3-7-12(10)22-13/h2-3,5,7,9,11H,4,6,8H2,1H3,(H3,16,17,21)/t9-,11-/m0/s1. The lowest BCUT2D eigenvalue weighted by Crippen LogP contribution is -2.48. The van der Waals surface area contributed by atoms with Crippen LogP contribution in [0.4, 0.5) is 4.79 Å². The molecule has 116 valence electrons. The van der Waals surface area contributed by atoms with Crippen LogP contribution >= 0.6 is 11.3 Å². The summed E-state index contributed by atoms with van der Waals surface area (Å²) in [4.78, 5) is 29.9. The number of benzene rings is 1. The van der Waals surface area contributed by atoms with E-state index in [1.807, 2.05) is 24.3 Å². The first-order valence-electron chi connectivity index (χ1n) is 7.28. The Kier molecular flexibility index (Phi) is 3.98. The molecule has 3 rings (SSSR count). The Morgan fingerprint density at radius 3 is 2.95 bits per heavy atom. The Labute approximate surface area is 132 Å². The fraction of sp³-hybridized carbons (Fsp3) is 0.400. The molecule has 7 heteroatoms. The molecule has 2 atom stereocenters. The third-order valence-electron chi connectivity index (χ3n) is 3.86. The Hall–Kier alpha value is -2.15. The first-order valence-corrected chi connectivity index (χ1v) is 8.10. The van der Waals surface area contributed by atoms with Crippen molar-refractivity contribution in [2.45, 2.75) is 31.8 Å². The van der Waals surface area contributed by atoms with Gasteiger partial charge in [0.15, 0.2) is 0 Å². The van der Waals surface area contributed by atoms with E-state index in [4.69, 9.17) is 5.73 Å². The molecule has 2 aromatic rings. The number of nitrogens with zero attached hydrogens (tertiary/aromatic N) is 2. The van der Waals surface area contributed by atoms with Gasteiger partial charge in [0.2, 0.25) is 5.91 Å². The number of thiazole rings is 1. The van der Waals surface area contributed by atoms with Crippen molar-refractivity contribution < 1.29 is 9.59 Å². The summed E-state index contributed by atoms with van der Waals surface area (Å²) >= 11 is 1.62. The molecule has 3 amide bonds. The molecule has 0 aliphatic carbocycles. The number of carbonyl (C=O) groups excluding carboxylic acids is 2. The van der Waals surface area contributed by atoms with Gasteiger partial charge < -0.3 is 16.0 Å². The van der Waals surface area contributed by atoms with E-state index in [2.05, 4.69) is 10.3 Å². The number of aromatic nitrogens is 1. The van der Waals surface area contributed by atoms with Gasteiger partial charge in [0.25, 0.3) is 0 Å². The molecule has 6 nitrogen and oxygen atoms in total. The van der Waals surface area contributed by atoms with Gasteiger partial charge in [-0.3, -0.25) is 4.79 Å². The molecule has 1 saturated heterocycles. The summed E-state index contributed by atoms with van der Waals surface area (Å²) in [6, 6.07) is 6.65. The maximum atomic E-state index is 12.5. The molecular formula is C15H18N4O2S. The third kappa shape index (κ3) is 2.76. The summed E-state index contributed by atoms with van der Waals surface area (Å²) in [7, 11) is 0. The van der Waals surface area contributed by atoms with Crippen LogP contribution in [0.1, 0.15) is 30.8 Å². The zero-order valence-corrected chi connectivity index (χ0v) is 13.1. The molecular weight excluding hydrogens is 300 g/mol. The van der Waals surface area contributed by atoms with Gasteiger partial charge >= 0.3 is 6.03 Å². The minimum absolute atomic E-state index is 0.0120. The Morgan fingerprint density at radius 1 is 1.45 bits per heavy atom. The quantitative estimate of drug-likeness (QED) is 0.907. The second kappa shape index (κ2) is 5.92. The zero-order chi connectivity index (χ0) is 15.7. The van der Waals surface area contributed by atoms with Crippen molar-refractivity contribution in [3.63, 3.8) is 0 Å². The van der Waals surface area contributed by atoms with Gasteiger partial charge in [0.05, 0.1) is 16.3 Å². The van der Waals surface area contributed by atoms with E-state index in [-0.39, 0.29) is 11.9 Å². The van der Waals surface area contributed by atoms with E-state index in [1.165, 1.54) is 0 Å². The number of hydrogen-bond donors (Lipinski definition) is 2. The molecule has 1 aliphatic heterocycles. The topological polar surface area (TPSA) is 88.3 Å². The van der Waals surface area contributed by atoms with Gasteiger partial charge in [-0.1, -0.05) is 12.1 Å². The number of amides is 3. The first-order chi connectivity index (χ1) is 10.6. The number of rotatable bonds is 3. The predicted molar refractivity (Wildman–Crippen MR) is 85.5 cm³/mol. The normalized spacial score (nSPS) is 19.3. The Bertz CT molecular complexity index is 681.